The Hall–Kier alpha value is 0.622. The van der Waals surface area contributed by atoms with Crippen LogP contribution in [0.15, 0.2) is 24.3 Å². The summed E-state index contributed by atoms with van der Waals surface area (Å²) in [6.07, 6.45) is 0. The van der Waals surface area contributed by atoms with E-state index in [1.807, 2.05) is 0 Å². The molecule has 0 fully saturated rings. The van der Waals surface area contributed by atoms with Crippen molar-refractivity contribution in [3.63, 3.8) is 0 Å². The summed E-state index contributed by atoms with van der Waals surface area (Å²) in [7, 11) is 0. The van der Waals surface area contributed by atoms with E-state index in [1.165, 1.54) is 11.1 Å². The monoisotopic (exact) mass is 238 g/mol. The van der Waals surface area contributed by atoms with E-state index in [1.54, 1.807) is 0 Å². The summed E-state index contributed by atoms with van der Waals surface area (Å²) in [4.78, 5) is 0. The van der Waals surface area contributed by atoms with Gasteiger partial charge in [-0.2, -0.15) is 0 Å². The smallest absolute Gasteiger partial charge is 1.00 e. The molecule has 0 aliphatic heterocycles. The molecular formula is C8H10AlCl3. The van der Waals surface area contributed by atoms with Gasteiger partial charge in [-0.05, 0) is 25.0 Å². The number of hydrogen-bond acceptors (Lipinski definition) is 0. The number of hydrogen-bond donors (Lipinski definition) is 0. The van der Waals surface area contributed by atoms with Crippen molar-refractivity contribution >= 4 is 17.4 Å². The fourth-order valence-corrected chi connectivity index (χ4v) is 0.663. The van der Waals surface area contributed by atoms with Crippen LogP contribution in [-0.2, 0) is 0 Å². The van der Waals surface area contributed by atoms with Crippen molar-refractivity contribution in [3.8, 4) is 0 Å². The minimum Gasteiger partial charge on any atom is -1.00 e. The van der Waals surface area contributed by atoms with Gasteiger partial charge in [0.05, 0.1) is 0 Å². The average Bonchev–Trinajstić information content (AvgIpc) is 1.77. The van der Waals surface area contributed by atoms with E-state index < -0.39 is 0 Å². The molecule has 0 nitrogen and oxygen atoms in total. The molecule has 1 aromatic carbocycles. The molecule has 66 valence electrons. The Labute approximate surface area is 103 Å². The third-order valence-corrected chi connectivity index (χ3v) is 1.43. The second-order valence-corrected chi connectivity index (χ2v) is 2.08. The molecule has 0 aliphatic carbocycles. The summed E-state index contributed by atoms with van der Waals surface area (Å²) in [5.41, 5.74) is 2.74. The van der Waals surface area contributed by atoms with E-state index >= 15 is 0 Å². The summed E-state index contributed by atoms with van der Waals surface area (Å²) in [5.74, 6) is 0. The molecule has 0 N–H and O–H groups in total. The van der Waals surface area contributed by atoms with Crippen molar-refractivity contribution in [2.24, 2.45) is 0 Å². The molecular weight excluding hydrogens is 229 g/mol. The van der Waals surface area contributed by atoms with Crippen LogP contribution in [0.5, 0.6) is 0 Å². The van der Waals surface area contributed by atoms with Gasteiger partial charge < -0.3 is 37.2 Å². The van der Waals surface area contributed by atoms with Gasteiger partial charge in [0.25, 0.3) is 0 Å². The van der Waals surface area contributed by atoms with Gasteiger partial charge in [-0.15, -0.1) is 0 Å². The van der Waals surface area contributed by atoms with Crippen LogP contribution in [-0.4, -0.2) is 17.4 Å². The molecule has 0 saturated heterocycles. The zero-order chi connectivity index (χ0) is 5.98. The molecule has 0 unspecified atom stereocenters. The quantitative estimate of drug-likeness (QED) is 0.395. The zero-order valence-corrected chi connectivity index (χ0v) is 10.4. The van der Waals surface area contributed by atoms with Crippen LogP contribution >= 0.6 is 0 Å². The fourth-order valence-electron chi connectivity index (χ4n) is 0.663. The maximum absolute atomic E-state index is 2.12. The molecule has 0 amide bonds. The predicted molar refractivity (Wildman–Crippen MR) is 41.7 cm³/mol. The fraction of sp³-hybridized carbons (Fsp3) is 0.250. The molecule has 0 radical (unpaired) electrons. The summed E-state index contributed by atoms with van der Waals surface area (Å²) >= 11 is 0. The molecule has 0 atom stereocenters. The van der Waals surface area contributed by atoms with E-state index in [9.17, 15) is 0 Å². The summed E-state index contributed by atoms with van der Waals surface area (Å²) in [6, 6.07) is 8.36. The van der Waals surface area contributed by atoms with Crippen molar-refractivity contribution in [2.75, 3.05) is 0 Å². The molecule has 0 heterocycles. The van der Waals surface area contributed by atoms with Crippen LogP contribution in [0.25, 0.3) is 0 Å². The van der Waals surface area contributed by atoms with Gasteiger partial charge in [-0.25, -0.2) is 0 Å². The third kappa shape index (κ3) is 7.28. The Morgan fingerprint density at radius 3 is 1.17 bits per heavy atom. The molecule has 0 spiro atoms. The van der Waals surface area contributed by atoms with Gasteiger partial charge in [0.2, 0.25) is 0 Å². The topological polar surface area (TPSA) is 0 Å². The largest absolute Gasteiger partial charge is 3.00 e. The molecule has 12 heavy (non-hydrogen) atoms. The van der Waals surface area contributed by atoms with Gasteiger partial charge in [0, 0.05) is 0 Å². The number of halogens is 3. The van der Waals surface area contributed by atoms with Crippen LogP contribution in [0.4, 0.5) is 0 Å². The molecule has 0 saturated carbocycles. The minimum absolute atomic E-state index is 0. The second-order valence-electron chi connectivity index (χ2n) is 2.08. The first kappa shape index (κ1) is 22.9. The van der Waals surface area contributed by atoms with Gasteiger partial charge in [-0.1, -0.05) is 24.3 Å². The first-order valence-corrected chi connectivity index (χ1v) is 2.83. The van der Waals surface area contributed by atoms with Crippen LogP contribution in [0.2, 0.25) is 0 Å². The van der Waals surface area contributed by atoms with Gasteiger partial charge in [0.15, 0.2) is 0 Å². The van der Waals surface area contributed by atoms with E-state index in [0.717, 1.165) is 0 Å². The maximum atomic E-state index is 2.12. The molecule has 0 aromatic heterocycles. The van der Waals surface area contributed by atoms with Crippen LogP contribution in [0.3, 0.4) is 0 Å². The van der Waals surface area contributed by atoms with Gasteiger partial charge in [-0.3, -0.25) is 0 Å². The molecule has 1 rings (SSSR count). The molecule has 0 aliphatic rings. The van der Waals surface area contributed by atoms with E-state index in [4.69, 9.17) is 0 Å². The molecule has 1 aromatic rings. The predicted octanol–water partition coefficient (Wildman–Crippen LogP) is -7.07. The van der Waals surface area contributed by atoms with Gasteiger partial charge >= 0.3 is 17.4 Å². The van der Waals surface area contributed by atoms with Crippen LogP contribution < -0.4 is 37.2 Å². The number of benzene rings is 1. The minimum atomic E-state index is 0. The Kier molecular flexibility index (Phi) is 22.2. The Morgan fingerprint density at radius 2 is 1.00 bits per heavy atom. The normalized spacial score (nSPS) is 6.17. The van der Waals surface area contributed by atoms with Crippen molar-refractivity contribution in [1.82, 2.24) is 0 Å². The van der Waals surface area contributed by atoms with Crippen molar-refractivity contribution in [3.05, 3.63) is 35.4 Å². The first-order valence-electron chi connectivity index (χ1n) is 2.83. The Balaban J connectivity index is -0.0000000800. The molecule has 4 heteroatoms. The van der Waals surface area contributed by atoms with Crippen LogP contribution in [0, 0.1) is 13.8 Å². The van der Waals surface area contributed by atoms with Gasteiger partial charge in [0.1, 0.15) is 0 Å². The van der Waals surface area contributed by atoms with Crippen LogP contribution in [0.1, 0.15) is 11.1 Å². The Bertz CT molecular complexity index is 170. The summed E-state index contributed by atoms with van der Waals surface area (Å²) in [6.45, 7) is 4.24. The molecule has 0 bridgehead atoms. The second kappa shape index (κ2) is 11.6. The summed E-state index contributed by atoms with van der Waals surface area (Å²) in [5, 5.41) is 0. The van der Waals surface area contributed by atoms with Crippen molar-refractivity contribution in [2.45, 2.75) is 13.8 Å². The standard InChI is InChI=1S/C8H10.Al.3ClH/c1-7-5-3-4-6-8(7)2;;;;/h3-6H,1-2H3;;3*1H/q;+3;;;/p-3. The van der Waals surface area contributed by atoms with E-state index in [0.29, 0.717) is 0 Å². The number of aryl methyl sites for hydroxylation is 2. The summed E-state index contributed by atoms with van der Waals surface area (Å²) < 4.78 is 0. The third-order valence-electron chi connectivity index (χ3n) is 1.43. The SMILES string of the molecule is Cc1ccccc1C.[Al+3].[Cl-].[Cl-].[Cl-]. The zero-order valence-electron chi connectivity index (χ0n) is 7.02. The van der Waals surface area contributed by atoms with E-state index in [-0.39, 0.29) is 54.6 Å². The van der Waals surface area contributed by atoms with Crippen molar-refractivity contribution in [1.29, 1.82) is 0 Å². The Morgan fingerprint density at radius 1 is 0.750 bits per heavy atom. The van der Waals surface area contributed by atoms with Crippen molar-refractivity contribution < 1.29 is 37.2 Å². The van der Waals surface area contributed by atoms with E-state index in [2.05, 4.69) is 38.1 Å². The maximum Gasteiger partial charge on any atom is 3.00 e. The number of rotatable bonds is 0. The average molecular weight is 240 g/mol. The first-order chi connectivity index (χ1) is 3.80.